The highest BCUT2D eigenvalue weighted by Gasteiger charge is 2.29. The minimum absolute atomic E-state index is 0.0113. The normalized spacial score (nSPS) is 15.2. The lowest BCUT2D eigenvalue weighted by atomic mass is 10.1. The lowest BCUT2D eigenvalue weighted by Gasteiger charge is -2.33. The van der Waals surface area contributed by atoms with E-state index in [1.54, 1.807) is 11.8 Å². The van der Waals surface area contributed by atoms with Crippen LogP contribution in [0.15, 0.2) is 47.4 Å². The third kappa shape index (κ3) is 4.63. The van der Waals surface area contributed by atoms with E-state index < -0.39 is 21.7 Å². The van der Waals surface area contributed by atoms with Crippen molar-refractivity contribution in [1.82, 2.24) is 9.21 Å². The van der Waals surface area contributed by atoms with Crippen molar-refractivity contribution in [3.63, 3.8) is 0 Å². The van der Waals surface area contributed by atoms with Gasteiger partial charge in [-0.3, -0.25) is 9.59 Å². The van der Waals surface area contributed by atoms with Gasteiger partial charge in [0.15, 0.2) is 0 Å². The molecule has 0 aromatic heterocycles. The maximum Gasteiger partial charge on any atom is 0.255 e. The first-order valence-electron chi connectivity index (χ1n) is 9.12. The quantitative estimate of drug-likeness (QED) is 0.824. The number of piperazine rings is 1. The molecule has 0 bridgehead atoms. The Kier molecular flexibility index (Phi) is 5.99. The first-order valence-corrected chi connectivity index (χ1v) is 10.6. The highest BCUT2D eigenvalue weighted by molar-refractivity contribution is 7.89. The van der Waals surface area contributed by atoms with Crippen molar-refractivity contribution < 1.29 is 22.4 Å². The topological polar surface area (TPSA) is 86.8 Å². The molecule has 0 unspecified atom stereocenters. The number of hydrogen-bond acceptors (Lipinski definition) is 4. The van der Waals surface area contributed by atoms with E-state index in [0.29, 0.717) is 24.3 Å². The van der Waals surface area contributed by atoms with Crippen LogP contribution in [0.1, 0.15) is 22.8 Å². The molecule has 1 N–H and O–H groups in total. The maximum atomic E-state index is 13.2. The summed E-state index contributed by atoms with van der Waals surface area (Å²) in [5.41, 5.74) is 1.19. The van der Waals surface area contributed by atoms with Gasteiger partial charge in [-0.2, -0.15) is 4.31 Å². The molecule has 0 radical (unpaired) electrons. The fourth-order valence-electron chi connectivity index (χ4n) is 3.15. The Balaban J connectivity index is 1.78. The Labute approximate surface area is 169 Å². The number of nitrogens with zero attached hydrogens (tertiary/aromatic N) is 2. The van der Waals surface area contributed by atoms with Crippen LogP contribution in [-0.4, -0.2) is 55.6 Å². The van der Waals surface area contributed by atoms with E-state index in [9.17, 15) is 22.4 Å². The number of aryl methyl sites for hydroxylation is 1. The molecule has 1 saturated heterocycles. The summed E-state index contributed by atoms with van der Waals surface area (Å²) in [5.74, 6) is -0.978. The second kappa shape index (κ2) is 8.30. The van der Waals surface area contributed by atoms with E-state index >= 15 is 0 Å². The molecular weight excluding hydrogens is 397 g/mol. The van der Waals surface area contributed by atoms with Gasteiger partial charge in [0.05, 0.1) is 4.90 Å². The van der Waals surface area contributed by atoms with Crippen LogP contribution in [0.5, 0.6) is 0 Å². The number of rotatable bonds is 4. The average Bonchev–Trinajstić information content (AvgIpc) is 2.70. The molecule has 2 amide bonds. The molecule has 1 heterocycles. The summed E-state index contributed by atoms with van der Waals surface area (Å²) in [4.78, 5) is 25.6. The number of nitrogens with one attached hydrogen (secondary N) is 1. The number of sulfonamides is 1. The lowest BCUT2D eigenvalue weighted by Crippen LogP contribution is -2.49. The zero-order chi connectivity index (χ0) is 21.2. The van der Waals surface area contributed by atoms with Gasteiger partial charge in [-0.15, -0.1) is 0 Å². The third-order valence-corrected chi connectivity index (χ3v) is 6.75. The number of amides is 2. The van der Waals surface area contributed by atoms with Gasteiger partial charge in [-0.25, -0.2) is 12.8 Å². The third-order valence-electron chi connectivity index (χ3n) is 4.85. The van der Waals surface area contributed by atoms with Gasteiger partial charge in [-0.05, 0) is 48.9 Å². The highest BCUT2D eigenvalue weighted by Crippen LogP contribution is 2.21. The van der Waals surface area contributed by atoms with Crippen molar-refractivity contribution in [2.45, 2.75) is 18.7 Å². The summed E-state index contributed by atoms with van der Waals surface area (Å²) in [5, 5.41) is 2.67. The van der Waals surface area contributed by atoms with Crippen LogP contribution in [0.25, 0.3) is 0 Å². The summed E-state index contributed by atoms with van der Waals surface area (Å²) in [6.45, 7) is 4.19. The summed E-state index contributed by atoms with van der Waals surface area (Å²) in [6.07, 6.45) is 0. The second-order valence-electron chi connectivity index (χ2n) is 6.85. The lowest BCUT2D eigenvalue weighted by molar-refractivity contribution is -0.129. The Hall–Kier alpha value is -2.78. The fraction of sp³-hybridized carbons (Fsp3) is 0.300. The van der Waals surface area contributed by atoms with Crippen LogP contribution >= 0.6 is 0 Å². The van der Waals surface area contributed by atoms with E-state index in [1.165, 1.54) is 53.7 Å². The van der Waals surface area contributed by atoms with Crippen molar-refractivity contribution in [2.75, 3.05) is 31.5 Å². The highest BCUT2D eigenvalue weighted by atomic mass is 32.2. The molecule has 0 atom stereocenters. The largest absolute Gasteiger partial charge is 0.340 e. The van der Waals surface area contributed by atoms with Gasteiger partial charge in [0, 0.05) is 44.4 Å². The number of anilines is 1. The van der Waals surface area contributed by atoms with E-state index in [4.69, 9.17) is 0 Å². The number of carbonyl (C=O) groups is 2. The number of halogens is 1. The molecule has 0 saturated carbocycles. The maximum absolute atomic E-state index is 13.2. The van der Waals surface area contributed by atoms with Crippen LogP contribution in [0.4, 0.5) is 10.1 Å². The van der Waals surface area contributed by atoms with E-state index in [-0.39, 0.29) is 29.5 Å². The van der Waals surface area contributed by atoms with Gasteiger partial charge in [0.1, 0.15) is 5.82 Å². The van der Waals surface area contributed by atoms with Gasteiger partial charge in [-0.1, -0.05) is 6.07 Å². The Morgan fingerprint density at radius 2 is 1.72 bits per heavy atom. The molecule has 3 rings (SSSR count). The van der Waals surface area contributed by atoms with Crippen molar-refractivity contribution in [2.24, 2.45) is 0 Å². The van der Waals surface area contributed by atoms with Crippen LogP contribution in [0.3, 0.4) is 0 Å². The molecule has 2 aromatic rings. The van der Waals surface area contributed by atoms with Gasteiger partial charge in [0.25, 0.3) is 5.91 Å². The Morgan fingerprint density at radius 3 is 2.34 bits per heavy atom. The van der Waals surface area contributed by atoms with Crippen LogP contribution < -0.4 is 5.32 Å². The average molecular weight is 419 g/mol. The van der Waals surface area contributed by atoms with Crippen LogP contribution in [-0.2, 0) is 14.8 Å². The molecule has 29 heavy (non-hydrogen) atoms. The van der Waals surface area contributed by atoms with Gasteiger partial charge < -0.3 is 10.2 Å². The van der Waals surface area contributed by atoms with Crippen molar-refractivity contribution >= 4 is 27.5 Å². The summed E-state index contributed by atoms with van der Waals surface area (Å²) >= 11 is 0. The smallest absolute Gasteiger partial charge is 0.255 e. The number of hydrogen-bond donors (Lipinski definition) is 1. The Bertz CT molecular complexity index is 1050. The summed E-state index contributed by atoms with van der Waals surface area (Å²) in [6, 6.07) is 9.78. The van der Waals surface area contributed by atoms with Gasteiger partial charge in [0.2, 0.25) is 15.9 Å². The van der Waals surface area contributed by atoms with Crippen LogP contribution in [0.2, 0.25) is 0 Å². The molecule has 0 spiro atoms. The first kappa shape index (κ1) is 20.9. The Morgan fingerprint density at radius 1 is 1.03 bits per heavy atom. The molecule has 0 aliphatic carbocycles. The predicted octanol–water partition coefficient (Wildman–Crippen LogP) is 2.24. The number of benzene rings is 2. The molecule has 1 fully saturated rings. The van der Waals surface area contributed by atoms with Gasteiger partial charge >= 0.3 is 0 Å². The summed E-state index contributed by atoms with van der Waals surface area (Å²) in [7, 11) is -3.79. The monoisotopic (exact) mass is 419 g/mol. The van der Waals surface area contributed by atoms with Crippen molar-refractivity contribution in [1.29, 1.82) is 0 Å². The molecule has 154 valence electrons. The molecule has 7 nitrogen and oxygen atoms in total. The van der Waals surface area contributed by atoms with Crippen molar-refractivity contribution in [3.8, 4) is 0 Å². The predicted molar refractivity (Wildman–Crippen MR) is 107 cm³/mol. The first-order chi connectivity index (χ1) is 13.7. The molecule has 1 aliphatic rings. The van der Waals surface area contributed by atoms with Crippen molar-refractivity contribution in [3.05, 3.63) is 59.4 Å². The molecule has 1 aliphatic heterocycles. The molecule has 9 heteroatoms. The zero-order valence-electron chi connectivity index (χ0n) is 16.2. The molecule has 2 aromatic carbocycles. The molecular formula is C20H22FN3O4S. The minimum Gasteiger partial charge on any atom is -0.340 e. The fourth-order valence-corrected chi connectivity index (χ4v) is 4.62. The zero-order valence-corrected chi connectivity index (χ0v) is 17.0. The summed E-state index contributed by atoms with van der Waals surface area (Å²) < 4.78 is 40.4. The SMILES string of the molecule is CC(=O)N1CCN(S(=O)(=O)c2cccc(C(=O)Nc3ccc(F)cc3C)c2)CC1. The van der Waals surface area contributed by atoms with E-state index in [0.717, 1.165) is 0 Å². The minimum atomic E-state index is -3.79. The standard InChI is InChI=1S/C20H22FN3O4S/c1-14-12-17(21)6-7-19(14)22-20(26)16-4-3-5-18(13-16)29(27,28)24-10-8-23(9-11-24)15(2)25/h3-7,12-13H,8-11H2,1-2H3,(H,22,26). The van der Waals surface area contributed by atoms with E-state index in [2.05, 4.69) is 5.32 Å². The number of carbonyl (C=O) groups excluding carboxylic acids is 2. The van der Waals surface area contributed by atoms with Crippen LogP contribution in [0, 0.1) is 12.7 Å². The van der Waals surface area contributed by atoms with E-state index in [1.807, 2.05) is 0 Å². The second-order valence-corrected chi connectivity index (χ2v) is 8.79.